The van der Waals surface area contributed by atoms with Gasteiger partial charge in [0.2, 0.25) is 0 Å². The van der Waals surface area contributed by atoms with E-state index in [4.69, 9.17) is 5.26 Å². The SMILES string of the molecule is Cc1cn(C)c(=O)c(C#N)c1-c1ccncc1. The van der Waals surface area contributed by atoms with Crippen molar-refractivity contribution in [3.05, 3.63) is 52.2 Å². The lowest BCUT2D eigenvalue weighted by atomic mass is 9.98. The lowest BCUT2D eigenvalue weighted by molar-refractivity contribution is 0.848. The number of rotatable bonds is 1. The van der Waals surface area contributed by atoms with E-state index in [-0.39, 0.29) is 11.1 Å². The summed E-state index contributed by atoms with van der Waals surface area (Å²) < 4.78 is 1.43. The van der Waals surface area contributed by atoms with Crippen molar-refractivity contribution in [2.24, 2.45) is 7.05 Å². The molecule has 2 rings (SSSR count). The molecule has 2 aromatic heterocycles. The first-order valence-corrected chi connectivity index (χ1v) is 5.16. The Bertz CT molecular complexity index is 651. The van der Waals surface area contributed by atoms with Gasteiger partial charge >= 0.3 is 0 Å². The summed E-state index contributed by atoms with van der Waals surface area (Å²) in [4.78, 5) is 15.8. The van der Waals surface area contributed by atoms with Gasteiger partial charge in [0.15, 0.2) is 0 Å². The first kappa shape index (κ1) is 11.1. The molecule has 0 radical (unpaired) electrons. The number of aromatic nitrogens is 2. The van der Waals surface area contributed by atoms with E-state index < -0.39 is 0 Å². The zero-order valence-electron chi connectivity index (χ0n) is 9.64. The van der Waals surface area contributed by atoms with E-state index in [2.05, 4.69) is 4.98 Å². The van der Waals surface area contributed by atoms with Crippen LogP contribution in [0.4, 0.5) is 0 Å². The van der Waals surface area contributed by atoms with Crippen LogP contribution in [-0.4, -0.2) is 9.55 Å². The second kappa shape index (κ2) is 4.22. The predicted molar refractivity (Wildman–Crippen MR) is 64.4 cm³/mol. The fraction of sp³-hybridized carbons (Fsp3) is 0.154. The number of hydrogen-bond acceptors (Lipinski definition) is 3. The third-order valence-corrected chi connectivity index (χ3v) is 2.65. The van der Waals surface area contributed by atoms with Crippen molar-refractivity contribution < 1.29 is 0 Å². The van der Waals surface area contributed by atoms with Gasteiger partial charge in [0, 0.05) is 31.2 Å². The van der Waals surface area contributed by atoms with Gasteiger partial charge in [-0.25, -0.2) is 0 Å². The van der Waals surface area contributed by atoms with E-state index in [0.717, 1.165) is 11.1 Å². The lowest BCUT2D eigenvalue weighted by Crippen LogP contribution is -2.20. The van der Waals surface area contributed by atoms with Gasteiger partial charge in [0.25, 0.3) is 5.56 Å². The molecule has 0 atom stereocenters. The zero-order chi connectivity index (χ0) is 12.4. The van der Waals surface area contributed by atoms with Crippen LogP contribution in [0, 0.1) is 18.3 Å². The highest BCUT2D eigenvalue weighted by Gasteiger charge is 2.13. The maximum atomic E-state index is 11.9. The minimum atomic E-state index is -0.273. The van der Waals surface area contributed by atoms with E-state index in [1.54, 1.807) is 37.8 Å². The van der Waals surface area contributed by atoms with Crippen molar-refractivity contribution in [2.45, 2.75) is 6.92 Å². The van der Waals surface area contributed by atoms with Crippen molar-refractivity contribution in [1.82, 2.24) is 9.55 Å². The molecule has 4 heteroatoms. The summed E-state index contributed by atoms with van der Waals surface area (Å²) in [5, 5.41) is 9.13. The molecule has 0 aromatic carbocycles. The molecule has 17 heavy (non-hydrogen) atoms. The Kier molecular flexibility index (Phi) is 2.75. The van der Waals surface area contributed by atoms with Crippen LogP contribution < -0.4 is 5.56 Å². The fourth-order valence-corrected chi connectivity index (χ4v) is 1.89. The Labute approximate surface area is 98.8 Å². The second-order valence-corrected chi connectivity index (χ2v) is 3.83. The molecular weight excluding hydrogens is 214 g/mol. The Morgan fingerprint density at radius 2 is 2.00 bits per heavy atom. The molecule has 0 N–H and O–H groups in total. The lowest BCUT2D eigenvalue weighted by Gasteiger charge is -2.09. The average Bonchev–Trinajstić information content (AvgIpc) is 2.34. The Morgan fingerprint density at radius 3 is 2.59 bits per heavy atom. The molecule has 0 aliphatic heterocycles. The van der Waals surface area contributed by atoms with Crippen LogP contribution in [0.5, 0.6) is 0 Å². The normalized spacial score (nSPS) is 9.94. The Morgan fingerprint density at radius 1 is 1.35 bits per heavy atom. The highest BCUT2D eigenvalue weighted by Crippen LogP contribution is 2.24. The third kappa shape index (κ3) is 1.83. The molecule has 0 saturated carbocycles. The summed E-state index contributed by atoms with van der Waals surface area (Å²) in [5.74, 6) is 0. The molecule has 0 unspecified atom stereocenters. The smallest absolute Gasteiger partial charge is 0.268 e. The van der Waals surface area contributed by atoms with E-state index in [9.17, 15) is 4.79 Å². The zero-order valence-corrected chi connectivity index (χ0v) is 9.64. The van der Waals surface area contributed by atoms with Gasteiger partial charge in [-0.15, -0.1) is 0 Å². The summed E-state index contributed by atoms with van der Waals surface area (Å²) in [6.07, 6.45) is 5.03. The monoisotopic (exact) mass is 225 g/mol. The predicted octanol–water partition coefficient (Wildman–Crippen LogP) is 1.63. The first-order valence-electron chi connectivity index (χ1n) is 5.16. The van der Waals surface area contributed by atoms with Gasteiger partial charge in [0.05, 0.1) is 0 Å². The maximum Gasteiger partial charge on any atom is 0.268 e. The summed E-state index contributed by atoms with van der Waals surface area (Å²) in [5.41, 5.74) is 2.34. The van der Waals surface area contributed by atoms with Crippen LogP contribution in [0.3, 0.4) is 0 Å². The molecule has 2 heterocycles. The van der Waals surface area contributed by atoms with Gasteiger partial charge in [-0.1, -0.05) is 0 Å². The molecule has 84 valence electrons. The largest absolute Gasteiger partial charge is 0.317 e. The van der Waals surface area contributed by atoms with Gasteiger partial charge in [-0.3, -0.25) is 9.78 Å². The van der Waals surface area contributed by atoms with Crippen LogP contribution in [0.25, 0.3) is 11.1 Å². The standard InChI is InChI=1S/C13H11N3O/c1-9-8-16(2)13(17)11(7-14)12(9)10-3-5-15-6-4-10/h3-6,8H,1-2H3. The topological polar surface area (TPSA) is 58.7 Å². The van der Waals surface area contributed by atoms with Crippen LogP contribution >= 0.6 is 0 Å². The van der Waals surface area contributed by atoms with Crippen molar-refractivity contribution in [3.8, 4) is 17.2 Å². The van der Waals surface area contributed by atoms with Crippen LogP contribution in [0.1, 0.15) is 11.1 Å². The molecule has 0 aliphatic carbocycles. The fourth-order valence-electron chi connectivity index (χ4n) is 1.89. The summed E-state index contributed by atoms with van der Waals surface area (Å²) in [6, 6.07) is 5.58. The highest BCUT2D eigenvalue weighted by atomic mass is 16.1. The van der Waals surface area contributed by atoms with Crippen LogP contribution in [0.2, 0.25) is 0 Å². The molecule has 0 spiro atoms. The molecule has 0 fully saturated rings. The molecule has 0 amide bonds. The third-order valence-electron chi connectivity index (χ3n) is 2.65. The highest BCUT2D eigenvalue weighted by molar-refractivity contribution is 5.72. The van der Waals surface area contributed by atoms with Crippen molar-refractivity contribution in [1.29, 1.82) is 5.26 Å². The van der Waals surface area contributed by atoms with Crippen LogP contribution in [0.15, 0.2) is 35.5 Å². The Balaban J connectivity index is 2.84. The maximum absolute atomic E-state index is 11.9. The van der Waals surface area contributed by atoms with Crippen LogP contribution in [-0.2, 0) is 7.05 Å². The molecule has 4 nitrogen and oxygen atoms in total. The first-order chi connectivity index (χ1) is 8.15. The van der Waals surface area contributed by atoms with E-state index in [1.807, 2.05) is 13.0 Å². The molecule has 2 aromatic rings. The Hall–Kier alpha value is -2.41. The number of nitriles is 1. The molecular formula is C13H11N3O. The summed E-state index contributed by atoms with van der Waals surface area (Å²) >= 11 is 0. The minimum absolute atomic E-state index is 0.179. The van der Waals surface area contributed by atoms with Gasteiger partial charge in [0.1, 0.15) is 11.6 Å². The van der Waals surface area contributed by atoms with Gasteiger partial charge < -0.3 is 4.57 Å². The number of pyridine rings is 2. The number of hydrogen-bond donors (Lipinski definition) is 0. The summed E-state index contributed by atoms with van der Waals surface area (Å²) in [7, 11) is 1.65. The number of aryl methyl sites for hydroxylation is 2. The van der Waals surface area contributed by atoms with Gasteiger partial charge in [-0.2, -0.15) is 5.26 Å². The van der Waals surface area contributed by atoms with E-state index in [0.29, 0.717) is 5.56 Å². The minimum Gasteiger partial charge on any atom is -0.317 e. The second-order valence-electron chi connectivity index (χ2n) is 3.83. The molecule has 0 bridgehead atoms. The van der Waals surface area contributed by atoms with E-state index in [1.165, 1.54) is 4.57 Å². The molecule has 0 aliphatic rings. The van der Waals surface area contributed by atoms with E-state index >= 15 is 0 Å². The van der Waals surface area contributed by atoms with Crippen molar-refractivity contribution in [3.63, 3.8) is 0 Å². The average molecular weight is 225 g/mol. The quantitative estimate of drug-likeness (QED) is 0.741. The number of nitrogens with zero attached hydrogens (tertiary/aromatic N) is 3. The molecule has 0 saturated heterocycles. The summed E-state index contributed by atoms with van der Waals surface area (Å²) in [6.45, 7) is 1.88. The van der Waals surface area contributed by atoms with Crippen molar-refractivity contribution >= 4 is 0 Å². The van der Waals surface area contributed by atoms with Crippen molar-refractivity contribution in [2.75, 3.05) is 0 Å². The van der Waals surface area contributed by atoms with Gasteiger partial charge in [-0.05, 0) is 30.2 Å².